The molecule has 146 valence electrons. The van der Waals surface area contributed by atoms with Crippen molar-refractivity contribution in [3.63, 3.8) is 0 Å². The Bertz CT molecular complexity index is 1070. The van der Waals surface area contributed by atoms with E-state index in [-0.39, 0.29) is 11.5 Å². The van der Waals surface area contributed by atoms with Crippen molar-refractivity contribution >= 4 is 11.6 Å². The highest BCUT2D eigenvalue weighted by Gasteiger charge is 2.29. The number of carbonyl (C=O) groups excluding carboxylic acids is 1. The summed E-state index contributed by atoms with van der Waals surface area (Å²) in [7, 11) is 0. The summed E-state index contributed by atoms with van der Waals surface area (Å²) in [5.41, 5.74) is 2.64. The maximum atomic E-state index is 13.6. The molecule has 0 saturated heterocycles. The van der Waals surface area contributed by atoms with Gasteiger partial charge in [-0.2, -0.15) is 10.4 Å². The van der Waals surface area contributed by atoms with Crippen molar-refractivity contribution in [2.24, 2.45) is 0 Å². The van der Waals surface area contributed by atoms with Gasteiger partial charge in [0, 0.05) is 19.0 Å². The number of hydrogen-bond acceptors (Lipinski definition) is 4. The number of aromatic nitrogens is 2. The summed E-state index contributed by atoms with van der Waals surface area (Å²) in [4.78, 5) is 12.8. The second-order valence-corrected chi connectivity index (χ2v) is 6.93. The Morgan fingerprint density at radius 1 is 1.17 bits per heavy atom. The van der Waals surface area contributed by atoms with Crippen LogP contribution in [0.5, 0.6) is 0 Å². The van der Waals surface area contributed by atoms with Gasteiger partial charge in [0.05, 0.1) is 17.1 Å². The van der Waals surface area contributed by atoms with Crippen molar-refractivity contribution in [1.29, 1.82) is 5.26 Å². The van der Waals surface area contributed by atoms with Gasteiger partial charge in [-0.1, -0.05) is 24.3 Å². The van der Waals surface area contributed by atoms with Crippen LogP contribution in [0.2, 0.25) is 0 Å². The first-order valence-electron chi connectivity index (χ1n) is 9.53. The van der Waals surface area contributed by atoms with Crippen molar-refractivity contribution < 1.29 is 9.18 Å². The van der Waals surface area contributed by atoms with Gasteiger partial charge in [0.1, 0.15) is 23.1 Å². The Kier molecular flexibility index (Phi) is 5.25. The molecular weight excluding hydrogens is 369 g/mol. The molecule has 1 heterocycles. The molecule has 3 aromatic rings. The molecule has 1 aliphatic rings. The number of hydrogen-bond donors (Lipinski definition) is 2. The fourth-order valence-corrected chi connectivity index (χ4v) is 3.15. The summed E-state index contributed by atoms with van der Waals surface area (Å²) in [6.45, 7) is 0.678. The number of para-hydroxylation sites is 1. The number of nitriles is 1. The van der Waals surface area contributed by atoms with Gasteiger partial charge in [-0.05, 0) is 43.2 Å². The number of rotatable bonds is 7. The van der Waals surface area contributed by atoms with E-state index in [1.165, 1.54) is 12.1 Å². The van der Waals surface area contributed by atoms with Crippen LogP contribution in [-0.4, -0.2) is 28.8 Å². The number of carbonyl (C=O) groups is 1. The molecule has 0 bridgehead atoms. The van der Waals surface area contributed by atoms with E-state index in [1.54, 1.807) is 10.7 Å². The van der Waals surface area contributed by atoms with Crippen LogP contribution in [0.1, 0.15) is 40.5 Å². The third-order valence-electron chi connectivity index (χ3n) is 4.81. The molecule has 0 unspecified atom stereocenters. The molecule has 29 heavy (non-hydrogen) atoms. The molecule has 1 amide bonds. The van der Waals surface area contributed by atoms with E-state index in [2.05, 4.69) is 15.7 Å². The summed E-state index contributed by atoms with van der Waals surface area (Å²) in [5.74, 6) is -0.360. The van der Waals surface area contributed by atoms with Crippen LogP contribution < -0.4 is 10.6 Å². The number of amides is 1. The minimum Gasteiger partial charge on any atom is -0.382 e. The van der Waals surface area contributed by atoms with Gasteiger partial charge in [-0.3, -0.25) is 4.79 Å². The molecule has 6 nitrogen and oxygen atoms in total. The van der Waals surface area contributed by atoms with Gasteiger partial charge in [-0.25, -0.2) is 9.07 Å². The summed E-state index contributed by atoms with van der Waals surface area (Å²) in [5, 5.41) is 19.6. The average molecular weight is 389 g/mol. The molecule has 1 aliphatic carbocycles. The fourth-order valence-electron chi connectivity index (χ4n) is 3.15. The molecule has 0 spiro atoms. The van der Waals surface area contributed by atoms with Crippen molar-refractivity contribution in [3.8, 4) is 11.8 Å². The van der Waals surface area contributed by atoms with E-state index in [9.17, 15) is 9.18 Å². The first-order chi connectivity index (χ1) is 14.2. The largest absolute Gasteiger partial charge is 0.382 e. The molecule has 0 aliphatic heterocycles. The normalized spacial score (nSPS) is 13.0. The average Bonchev–Trinajstić information content (AvgIpc) is 3.50. The zero-order chi connectivity index (χ0) is 20.2. The van der Waals surface area contributed by atoms with Crippen molar-refractivity contribution in [1.82, 2.24) is 15.1 Å². The van der Waals surface area contributed by atoms with Crippen LogP contribution in [0, 0.1) is 17.1 Å². The van der Waals surface area contributed by atoms with Gasteiger partial charge in [-0.15, -0.1) is 0 Å². The predicted octanol–water partition coefficient (Wildman–Crippen LogP) is 3.60. The van der Waals surface area contributed by atoms with E-state index in [1.807, 2.05) is 42.5 Å². The Hall–Kier alpha value is -3.66. The molecule has 1 saturated carbocycles. The van der Waals surface area contributed by atoms with E-state index in [0.717, 1.165) is 24.2 Å². The molecular formula is C22H20FN5O. The smallest absolute Gasteiger partial charge is 0.270 e. The summed E-state index contributed by atoms with van der Waals surface area (Å²) < 4.78 is 15.3. The molecule has 2 aromatic carbocycles. The quantitative estimate of drug-likeness (QED) is 0.605. The molecule has 1 fully saturated rings. The first-order valence-corrected chi connectivity index (χ1v) is 9.53. The number of nitrogens with zero attached hydrogens (tertiary/aromatic N) is 3. The third kappa shape index (κ3) is 4.11. The molecule has 0 atom stereocenters. The number of nitrogens with one attached hydrogen (secondary N) is 2. The van der Waals surface area contributed by atoms with Crippen LogP contribution >= 0.6 is 0 Å². The lowest BCUT2D eigenvalue weighted by Crippen LogP contribution is -2.30. The van der Waals surface area contributed by atoms with Gasteiger partial charge in [0.25, 0.3) is 5.91 Å². The predicted molar refractivity (Wildman–Crippen MR) is 107 cm³/mol. The summed E-state index contributed by atoms with van der Waals surface area (Å²) >= 11 is 0. The van der Waals surface area contributed by atoms with Crippen LogP contribution in [0.4, 0.5) is 10.1 Å². The lowest BCUT2D eigenvalue weighted by Gasteiger charge is -2.10. The zero-order valence-corrected chi connectivity index (χ0v) is 15.7. The fraction of sp³-hybridized carbons (Fsp3) is 0.227. The van der Waals surface area contributed by atoms with E-state index < -0.39 is 5.82 Å². The molecule has 4 rings (SSSR count). The van der Waals surface area contributed by atoms with E-state index in [4.69, 9.17) is 5.26 Å². The highest BCUT2D eigenvalue weighted by atomic mass is 19.1. The van der Waals surface area contributed by atoms with E-state index in [0.29, 0.717) is 30.4 Å². The first kappa shape index (κ1) is 18.7. The van der Waals surface area contributed by atoms with Gasteiger partial charge in [0.2, 0.25) is 0 Å². The Balaban J connectivity index is 1.43. The Morgan fingerprint density at radius 2 is 1.97 bits per heavy atom. The molecule has 7 heteroatoms. The minimum atomic E-state index is -0.569. The molecule has 1 aromatic heterocycles. The van der Waals surface area contributed by atoms with Crippen molar-refractivity contribution in [2.45, 2.75) is 18.8 Å². The highest BCUT2D eigenvalue weighted by molar-refractivity contribution is 5.93. The molecule has 0 radical (unpaired) electrons. The Morgan fingerprint density at radius 3 is 2.69 bits per heavy atom. The lowest BCUT2D eigenvalue weighted by molar-refractivity contribution is 0.0947. The van der Waals surface area contributed by atoms with Crippen molar-refractivity contribution in [3.05, 3.63) is 77.4 Å². The second kappa shape index (κ2) is 8.15. The maximum absolute atomic E-state index is 13.6. The van der Waals surface area contributed by atoms with Crippen LogP contribution in [0.15, 0.2) is 54.6 Å². The SMILES string of the molecule is N#Cc1c(F)cccc1NCCNC(=O)c1cc(C2CC2)nn1-c1ccccc1. The van der Waals surface area contributed by atoms with Crippen LogP contribution in [0.25, 0.3) is 5.69 Å². The highest BCUT2D eigenvalue weighted by Crippen LogP contribution is 2.39. The zero-order valence-electron chi connectivity index (χ0n) is 15.7. The summed E-state index contributed by atoms with van der Waals surface area (Å²) in [6, 6.07) is 17.7. The monoisotopic (exact) mass is 389 g/mol. The third-order valence-corrected chi connectivity index (χ3v) is 4.81. The summed E-state index contributed by atoms with van der Waals surface area (Å²) in [6.07, 6.45) is 2.21. The number of anilines is 1. The standard InChI is InChI=1S/C22H20FN5O/c23-18-7-4-8-19(17(18)14-24)25-11-12-26-22(29)21-13-20(15-9-10-15)27-28(21)16-5-2-1-3-6-16/h1-8,13,15,25H,9-12H2,(H,26,29). The van der Waals surface area contributed by atoms with E-state index >= 15 is 0 Å². The van der Waals surface area contributed by atoms with Gasteiger partial charge in [0.15, 0.2) is 0 Å². The van der Waals surface area contributed by atoms with Crippen molar-refractivity contribution in [2.75, 3.05) is 18.4 Å². The lowest BCUT2D eigenvalue weighted by atomic mass is 10.2. The van der Waals surface area contributed by atoms with Gasteiger partial charge >= 0.3 is 0 Å². The van der Waals surface area contributed by atoms with Gasteiger partial charge < -0.3 is 10.6 Å². The molecule has 2 N–H and O–H groups in total. The number of halogens is 1. The maximum Gasteiger partial charge on any atom is 0.270 e. The Labute approximate surface area is 168 Å². The number of benzene rings is 2. The van der Waals surface area contributed by atoms with Crippen LogP contribution in [0.3, 0.4) is 0 Å². The van der Waals surface area contributed by atoms with Crippen LogP contribution in [-0.2, 0) is 0 Å². The minimum absolute atomic E-state index is 0.0324. The topological polar surface area (TPSA) is 82.7 Å². The second-order valence-electron chi connectivity index (χ2n) is 6.93.